The molecule has 3 nitrogen and oxygen atoms in total. The van der Waals surface area contributed by atoms with Gasteiger partial charge in [0.2, 0.25) is 0 Å². The lowest BCUT2D eigenvalue weighted by Crippen LogP contribution is -1.99. The zero-order valence-corrected chi connectivity index (χ0v) is 14.5. The molecule has 1 aromatic heterocycles. The van der Waals surface area contributed by atoms with Crippen molar-refractivity contribution in [2.45, 2.75) is 84.0 Å². The number of unbranched alkanes of at least 4 members (excludes halogenated alkanes) is 7. The highest BCUT2D eigenvalue weighted by atomic mass is 16.5. The summed E-state index contributed by atoms with van der Waals surface area (Å²) >= 11 is 0. The first-order chi connectivity index (χ1) is 10.8. The lowest BCUT2D eigenvalue weighted by molar-refractivity contribution is -0.140. The van der Waals surface area contributed by atoms with Crippen molar-refractivity contribution in [1.82, 2.24) is 4.98 Å². The average Bonchev–Trinajstić information content (AvgIpc) is 2.98. The van der Waals surface area contributed by atoms with Crippen LogP contribution in [-0.2, 0) is 22.4 Å². The summed E-state index contributed by atoms with van der Waals surface area (Å²) in [6, 6.07) is 4.49. The number of ether oxygens (including phenoxy) is 1. The topological polar surface area (TPSA) is 42.1 Å². The molecule has 0 aliphatic heterocycles. The molecule has 0 spiro atoms. The Balaban J connectivity index is 2.01. The van der Waals surface area contributed by atoms with Crippen LogP contribution < -0.4 is 0 Å². The molecule has 0 unspecified atom stereocenters. The summed E-state index contributed by atoms with van der Waals surface area (Å²) in [6.45, 7) is 2.25. The average molecular weight is 307 g/mol. The van der Waals surface area contributed by atoms with Crippen molar-refractivity contribution in [3.8, 4) is 0 Å². The third kappa shape index (κ3) is 8.91. The number of aromatic nitrogens is 1. The Kier molecular flexibility index (Phi) is 10.5. The van der Waals surface area contributed by atoms with Crippen LogP contribution in [0.5, 0.6) is 0 Å². The minimum absolute atomic E-state index is 0.0853. The Hall–Kier alpha value is -1.25. The van der Waals surface area contributed by atoms with Crippen LogP contribution >= 0.6 is 0 Å². The highest BCUT2D eigenvalue weighted by Crippen LogP contribution is 2.12. The van der Waals surface area contributed by atoms with Crippen LogP contribution in [0.2, 0.25) is 0 Å². The first-order valence-electron chi connectivity index (χ1n) is 8.99. The molecule has 1 heterocycles. The maximum absolute atomic E-state index is 11.0. The van der Waals surface area contributed by atoms with E-state index in [2.05, 4.69) is 28.8 Å². The molecule has 0 fully saturated rings. The van der Waals surface area contributed by atoms with Gasteiger partial charge in [0, 0.05) is 17.8 Å². The molecule has 0 saturated heterocycles. The normalized spacial score (nSPS) is 10.8. The highest BCUT2D eigenvalue weighted by molar-refractivity contribution is 5.68. The fraction of sp³-hybridized carbons (Fsp3) is 0.737. The van der Waals surface area contributed by atoms with Gasteiger partial charge in [0.15, 0.2) is 0 Å². The van der Waals surface area contributed by atoms with Gasteiger partial charge in [0.05, 0.1) is 7.11 Å². The second-order valence-electron chi connectivity index (χ2n) is 6.16. The summed E-state index contributed by atoms with van der Waals surface area (Å²) < 4.78 is 4.64. The Bertz CT molecular complexity index is 398. The quantitative estimate of drug-likeness (QED) is 0.402. The molecule has 1 N–H and O–H groups in total. The first kappa shape index (κ1) is 18.8. The summed E-state index contributed by atoms with van der Waals surface area (Å²) in [6.07, 6.45) is 14.0. The molecular weight excluding hydrogens is 274 g/mol. The van der Waals surface area contributed by atoms with E-state index in [-0.39, 0.29) is 5.97 Å². The van der Waals surface area contributed by atoms with E-state index in [1.807, 2.05) is 0 Å². The molecule has 1 aromatic rings. The molecule has 1 rings (SSSR count). The number of hydrogen-bond donors (Lipinski definition) is 1. The Morgan fingerprint density at radius 2 is 1.45 bits per heavy atom. The largest absolute Gasteiger partial charge is 0.469 e. The fourth-order valence-corrected chi connectivity index (χ4v) is 2.74. The minimum atomic E-state index is -0.0853. The lowest BCUT2D eigenvalue weighted by Gasteiger charge is -2.02. The van der Waals surface area contributed by atoms with E-state index in [1.165, 1.54) is 69.9 Å². The number of methoxy groups -OCH3 is 1. The monoisotopic (exact) mass is 307 g/mol. The van der Waals surface area contributed by atoms with Crippen molar-refractivity contribution >= 4 is 5.97 Å². The number of aryl methyl sites for hydroxylation is 2. The second-order valence-corrected chi connectivity index (χ2v) is 6.16. The van der Waals surface area contributed by atoms with Crippen molar-refractivity contribution in [3.63, 3.8) is 0 Å². The van der Waals surface area contributed by atoms with Crippen LogP contribution in [0.1, 0.15) is 82.5 Å². The molecule has 0 bridgehead atoms. The first-order valence-corrected chi connectivity index (χ1v) is 8.99. The highest BCUT2D eigenvalue weighted by Gasteiger charge is 2.01. The third-order valence-electron chi connectivity index (χ3n) is 4.16. The van der Waals surface area contributed by atoms with Crippen molar-refractivity contribution in [1.29, 1.82) is 0 Å². The molecule has 126 valence electrons. The van der Waals surface area contributed by atoms with E-state index in [4.69, 9.17) is 0 Å². The molecule has 0 aliphatic rings. The Morgan fingerprint density at radius 3 is 2.05 bits per heavy atom. The van der Waals surface area contributed by atoms with E-state index in [1.54, 1.807) is 0 Å². The number of nitrogens with one attached hydrogen (secondary N) is 1. The van der Waals surface area contributed by atoms with Crippen LogP contribution in [0.3, 0.4) is 0 Å². The molecule has 0 aromatic carbocycles. The van der Waals surface area contributed by atoms with Gasteiger partial charge < -0.3 is 9.72 Å². The summed E-state index contributed by atoms with van der Waals surface area (Å²) in [5, 5.41) is 0. The van der Waals surface area contributed by atoms with Crippen LogP contribution in [-0.4, -0.2) is 18.1 Å². The van der Waals surface area contributed by atoms with E-state index >= 15 is 0 Å². The van der Waals surface area contributed by atoms with Crippen molar-refractivity contribution < 1.29 is 9.53 Å². The summed E-state index contributed by atoms with van der Waals surface area (Å²) in [5.74, 6) is -0.0853. The van der Waals surface area contributed by atoms with Crippen molar-refractivity contribution in [3.05, 3.63) is 23.5 Å². The Morgan fingerprint density at radius 1 is 0.909 bits per heavy atom. The van der Waals surface area contributed by atoms with Gasteiger partial charge in [-0.05, 0) is 44.2 Å². The zero-order chi connectivity index (χ0) is 16.0. The molecular formula is C19H33NO2. The number of carbonyl (C=O) groups excluding carboxylic acids is 1. The van der Waals surface area contributed by atoms with Gasteiger partial charge in [-0.1, -0.05) is 45.4 Å². The molecule has 3 heteroatoms. The van der Waals surface area contributed by atoms with Crippen LogP contribution in [0, 0.1) is 0 Å². The SMILES string of the molecule is CCCCCCc1ccc(CCCCCCCC(=O)OC)[nH]1. The van der Waals surface area contributed by atoms with Gasteiger partial charge in [-0.3, -0.25) is 4.79 Å². The van der Waals surface area contributed by atoms with Crippen LogP contribution in [0.25, 0.3) is 0 Å². The van der Waals surface area contributed by atoms with Crippen LogP contribution in [0.4, 0.5) is 0 Å². The summed E-state index contributed by atoms with van der Waals surface area (Å²) in [5.41, 5.74) is 2.77. The molecule has 0 aliphatic carbocycles. The molecule has 0 saturated carbocycles. The van der Waals surface area contributed by atoms with Crippen molar-refractivity contribution in [2.75, 3.05) is 7.11 Å². The summed E-state index contributed by atoms with van der Waals surface area (Å²) in [7, 11) is 1.46. The van der Waals surface area contributed by atoms with E-state index < -0.39 is 0 Å². The zero-order valence-electron chi connectivity index (χ0n) is 14.5. The maximum atomic E-state index is 11.0. The van der Waals surface area contributed by atoms with Gasteiger partial charge in [-0.15, -0.1) is 0 Å². The van der Waals surface area contributed by atoms with Gasteiger partial charge >= 0.3 is 5.97 Å². The van der Waals surface area contributed by atoms with Gasteiger partial charge in [-0.25, -0.2) is 0 Å². The van der Waals surface area contributed by atoms with Gasteiger partial charge in [-0.2, -0.15) is 0 Å². The predicted molar refractivity (Wildman–Crippen MR) is 92.1 cm³/mol. The third-order valence-corrected chi connectivity index (χ3v) is 4.16. The number of aromatic amines is 1. The van der Waals surface area contributed by atoms with Crippen LogP contribution in [0.15, 0.2) is 12.1 Å². The molecule has 0 atom stereocenters. The van der Waals surface area contributed by atoms with E-state index in [0.717, 1.165) is 19.3 Å². The minimum Gasteiger partial charge on any atom is -0.469 e. The predicted octanol–water partition coefficient (Wildman–Crippen LogP) is 5.19. The van der Waals surface area contributed by atoms with Gasteiger partial charge in [0.1, 0.15) is 0 Å². The number of hydrogen-bond acceptors (Lipinski definition) is 2. The lowest BCUT2D eigenvalue weighted by atomic mass is 10.1. The van der Waals surface area contributed by atoms with Crippen molar-refractivity contribution in [2.24, 2.45) is 0 Å². The number of H-pyrrole nitrogens is 1. The smallest absolute Gasteiger partial charge is 0.305 e. The number of esters is 1. The van der Waals surface area contributed by atoms with E-state index in [9.17, 15) is 4.79 Å². The molecule has 0 radical (unpaired) electrons. The fourth-order valence-electron chi connectivity index (χ4n) is 2.74. The molecule has 22 heavy (non-hydrogen) atoms. The standard InChI is InChI=1S/C19H33NO2/c1-3-4-5-9-12-17-15-16-18(20-17)13-10-7-6-8-11-14-19(21)22-2/h15-16,20H,3-14H2,1-2H3. The summed E-state index contributed by atoms with van der Waals surface area (Å²) in [4.78, 5) is 14.5. The molecule has 0 amide bonds. The maximum Gasteiger partial charge on any atom is 0.305 e. The second kappa shape index (κ2) is 12.3. The van der Waals surface area contributed by atoms with Gasteiger partial charge in [0.25, 0.3) is 0 Å². The number of carbonyl (C=O) groups is 1. The number of rotatable bonds is 13. The Labute approximate surface area is 135 Å². The van der Waals surface area contributed by atoms with E-state index in [0.29, 0.717) is 6.42 Å².